The fourth-order valence-electron chi connectivity index (χ4n) is 4.75. The Bertz CT molecular complexity index is 1070. The van der Waals surface area contributed by atoms with E-state index in [0.29, 0.717) is 32.7 Å². The molecule has 3 aromatic carbocycles. The van der Waals surface area contributed by atoms with Gasteiger partial charge in [-0.2, -0.15) is 8.78 Å². The molecule has 0 spiro atoms. The Labute approximate surface area is 201 Å². The fourth-order valence-corrected chi connectivity index (χ4v) is 4.75. The third kappa shape index (κ3) is 5.09. The summed E-state index contributed by atoms with van der Waals surface area (Å²) in [4.78, 5) is 16.2. The molecule has 4 nitrogen and oxygen atoms in total. The minimum absolute atomic E-state index is 0.131. The highest BCUT2D eigenvalue weighted by Gasteiger charge is 2.41. The average Bonchev–Trinajstić information content (AvgIpc) is 2.89. The van der Waals surface area contributed by atoms with Gasteiger partial charge in [-0.1, -0.05) is 60.7 Å². The largest absolute Gasteiger partial charge is 0.486 e. The van der Waals surface area contributed by atoms with Crippen molar-refractivity contribution in [2.45, 2.75) is 12.0 Å². The van der Waals surface area contributed by atoms with Crippen LogP contribution in [0.15, 0.2) is 66.7 Å². The van der Waals surface area contributed by atoms with E-state index in [9.17, 15) is 22.4 Å². The molecule has 0 atom stereocenters. The van der Waals surface area contributed by atoms with Crippen molar-refractivity contribution in [3.05, 3.63) is 101 Å². The van der Waals surface area contributed by atoms with E-state index in [1.54, 1.807) is 0 Å². The number of benzene rings is 3. The summed E-state index contributed by atoms with van der Waals surface area (Å²) in [5.74, 6) is -7.13. The number of halogens is 4. The second-order valence-corrected chi connectivity index (χ2v) is 8.44. The van der Waals surface area contributed by atoms with E-state index >= 15 is 0 Å². The van der Waals surface area contributed by atoms with E-state index in [-0.39, 0.29) is 19.1 Å². The number of rotatable bonds is 9. The van der Waals surface area contributed by atoms with Crippen LogP contribution in [0.2, 0.25) is 0 Å². The zero-order chi connectivity index (χ0) is 24.8. The van der Waals surface area contributed by atoms with Gasteiger partial charge in [-0.3, -0.25) is 9.80 Å². The van der Waals surface area contributed by atoms with Crippen molar-refractivity contribution in [2.75, 3.05) is 39.3 Å². The number of nitrogens with zero attached hydrogens (tertiary/aromatic N) is 2. The van der Waals surface area contributed by atoms with Gasteiger partial charge in [0.1, 0.15) is 12.9 Å². The molecule has 0 aliphatic carbocycles. The van der Waals surface area contributed by atoms with Crippen LogP contribution >= 0.6 is 0 Å². The second kappa shape index (κ2) is 11.0. The van der Waals surface area contributed by atoms with E-state index in [4.69, 9.17) is 4.74 Å². The molecule has 0 aromatic heterocycles. The number of carbonyl (C=O) groups is 1. The SMILES string of the molecule is O=CCC(c1ccccc1)(c1ccccc1)N1CCN(CCOc2c(F)c(F)cc(F)c2F)CC1. The first-order chi connectivity index (χ1) is 17.0. The van der Waals surface area contributed by atoms with Crippen LogP contribution in [-0.4, -0.2) is 55.4 Å². The lowest BCUT2D eigenvalue weighted by Crippen LogP contribution is -2.56. The fraction of sp³-hybridized carbons (Fsp3) is 0.296. The van der Waals surface area contributed by atoms with Gasteiger partial charge in [0.05, 0.1) is 5.54 Å². The predicted molar refractivity (Wildman–Crippen MR) is 124 cm³/mol. The Morgan fingerprint density at radius 3 is 1.80 bits per heavy atom. The summed E-state index contributed by atoms with van der Waals surface area (Å²) < 4.78 is 59.5. The van der Waals surface area contributed by atoms with Gasteiger partial charge in [-0.15, -0.1) is 0 Å². The molecule has 3 aromatic rings. The average molecular weight is 487 g/mol. The molecule has 35 heavy (non-hydrogen) atoms. The molecule has 1 aliphatic heterocycles. The molecule has 0 saturated carbocycles. The molecule has 1 saturated heterocycles. The minimum Gasteiger partial charge on any atom is -0.486 e. The molecule has 1 aliphatic rings. The summed E-state index contributed by atoms with van der Waals surface area (Å²) in [7, 11) is 0. The summed E-state index contributed by atoms with van der Waals surface area (Å²) in [6, 6.07) is 20.0. The van der Waals surface area contributed by atoms with E-state index in [1.165, 1.54) is 0 Å². The summed E-state index contributed by atoms with van der Waals surface area (Å²) >= 11 is 0. The Morgan fingerprint density at radius 1 is 0.800 bits per heavy atom. The lowest BCUT2D eigenvalue weighted by molar-refractivity contribution is -0.110. The van der Waals surface area contributed by atoms with Crippen LogP contribution in [0.5, 0.6) is 5.75 Å². The lowest BCUT2D eigenvalue weighted by atomic mass is 9.78. The highest BCUT2D eigenvalue weighted by molar-refractivity contribution is 5.57. The van der Waals surface area contributed by atoms with Gasteiger partial charge in [0.2, 0.25) is 11.6 Å². The van der Waals surface area contributed by atoms with Gasteiger partial charge in [-0.05, 0) is 11.1 Å². The van der Waals surface area contributed by atoms with E-state index < -0.39 is 34.6 Å². The Kier molecular flexibility index (Phi) is 7.83. The smallest absolute Gasteiger partial charge is 0.203 e. The van der Waals surface area contributed by atoms with Gasteiger partial charge < -0.3 is 9.53 Å². The summed E-state index contributed by atoms with van der Waals surface area (Å²) in [6.45, 7) is 2.69. The van der Waals surface area contributed by atoms with E-state index in [2.05, 4.69) is 4.90 Å². The monoisotopic (exact) mass is 486 g/mol. The topological polar surface area (TPSA) is 32.8 Å². The van der Waals surface area contributed by atoms with Crippen molar-refractivity contribution in [1.82, 2.24) is 9.80 Å². The first-order valence-electron chi connectivity index (χ1n) is 11.4. The number of aldehydes is 1. The van der Waals surface area contributed by atoms with Gasteiger partial charge >= 0.3 is 0 Å². The van der Waals surface area contributed by atoms with Crippen LogP contribution in [0.4, 0.5) is 17.6 Å². The number of carbonyl (C=O) groups excluding carboxylic acids is 1. The third-order valence-electron chi connectivity index (χ3n) is 6.52. The lowest BCUT2D eigenvalue weighted by Gasteiger charge is -2.48. The van der Waals surface area contributed by atoms with Crippen molar-refractivity contribution >= 4 is 6.29 Å². The molecule has 1 heterocycles. The molecular formula is C27H26F4N2O2. The van der Waals surface area contributed by atoms with Crippen LogP contribution in [-0.2, 0) is 10.3 Å². The maximum Gasteiger partial charge on any atom is 0.203 e. The third-order valence-corrected chi connectivity index (χ3v) is 6.52. The van der Waals surface area contributed by atoms with Crippen molar-refractivity contribution < 1.29 is 27.1 Å². The highest BCUT2D eigenvalue weighted by atomic mass is 19.2. The van der Waals surface area contributed by atoms with Gasteiger partial charge in [0.25, 0.3) is 0 Å². The van der Waals surface area contributed by atoms with Crippen LogP contribution in [0.3, 0.4) is 0 Å². The summed E-state index contributed by atoms with van der Waals surface area (Å²) in [5.41, 5.74) is 1.42. The Balaban J connectivity index is 1.47. The molecule has 0 radical (unpaired) electrons. The van der Waals surface area contributed by atoms with E-state index in [1.807, 2.05) is 65.6 Å². The summed E-state index contributed by atoms with van der Waals surface area (Å²) in [6.07, 6.45) is 1.23. The van der Waals surface area contributed by atoms with Gasteiger partial charge in [0.15, 0.2) is 17.4 Å². The maximum atomic E-state index is 13.8. The van der Waals surface area contributed by atoms with Crippen molar-refractivity contribution in [2.24, 2.45) is 0 Å². The van der Waals surface area contributed by atoms with E-state index in [0.717, 1.165) is 17.4 Å². The molecule has 0 amide bonds. The van der Waals surface area contributed by atoms with Gasteiger partial charge in [-0.25, -0.2) is 8.78 Å². The number of ether oxygens (including phenoxy) is 1. The molecule has 4 rings (SSSR count). The Morgan fingerprint density at radius 2 is 1.31 bits per heavy atom. The first kappa shape index (κ1) is 24.9. The molecule has 8 heteroatoms. The van der Waals surface area contributed by atoms with Crippen molar-refractivity contribution in [3.63, 3.8) is 0 Å². The summed E-state index contributed by atoms with van der Waals surface area (Å²) in [5, 5.41) is 0. The van der Waals surface area contributed by atoms with Crippen molar-refractivity contribution in [1.29, 1.82) is 0 Å². The number of hydrogen-bond acceptors (Lipinski definition) is 4. The highest BCUT2D eigenvalue weighted by Crippen LogP contribution is 2.39. The molecule has 0 bridgehead atoms. The van der Waals surface area contributed by atoms with Gasteiger partial charge in [0, 0.05) is 45.2 Å². The first-order valence-corrected chi connectivity index (χ1v) is 11.4. The Hall–Kier alpha value is -3.23. The van der Waals surface area contributed by atoms with Crippen LogP contribution in [0.25, 0.3) is 0 Å². The molecule has 184 valence electrons. The molecule has 0 unspecified atom stereocenters. The zero-order valence-corrected chi connectivity index (χ0v) is 19.1. The second-order valence-electron chi connectivity index (χ2n) is 8.44. The minimum atomic E-state index is -1.54. The molecule has 1 fully saturated rings. The van der Waals surface area contributed by atoms with Crippen molar-refractivity contribution in [3.8, 4) is 5.75 Å². The standard InChI is InChI=1S/C27H26F4N2O2/c28-22-19-23(29)25(31)26(24(22)30)35-18-16-32-12-14-33(15-13-32)27(11-17-34,20-7-3-1-4-8-20)21-9-5-2-6-10-21/h1-10,17,19H,11-16,18H2. The predicted octanol–water partition coefficient (Wildman–Crippen LogP) is 4.77. The maximum absolute atomic E-state index is 13.8. The number of piperazine rings is 1. The molecule has 0 N–H and O–H groups in total. The van der Waals surface area contributed by atoms with Crippen LogP contribution < -0.4 is 4.74 Å². The zero-order valence-electron chi connectivity index (χ0n) is 19.1. The van der Waals surface area contributed by atoms with Crippen LogP contribution in [0, 0.1) is 23.3 Å². The normalized spacial score (nSPS) is 15.2. The van der Waals surface area contributed by atoms with Crippen LogP contribution in [0.1, 0.15) is 17.5 Å². The quantitative estimate of drug-likeness (QED) is 0.248. The number of hydrogen-bond donors (Lipinski definition) is 0. The molecular weight excluding hydrogens is 460 g/mol.